The summed E-state index contributed by atoms with van der Waals surface area (Å²) in [6.07, 6.45) is 0. The Kier molecular flexibility index (Phi) is 6.57. The van der Waals surface area contributed by atoms with Gasteiger partial charge in [0.15, 0.2) is 5.75 Å². The molecule has 0 radical (unpaired) electrons. The molecule has 4 aromatic carbocycles. The van der Waals surface area contributed by atoms with Crippen LogP contribution in [0.15, 0.2) is 105 Å². The van der Waals surface area contributed by atoms with E-state index >= 15 is 0 Å². The van der Waals surface area contributed by atoms with Crippen molar-refractivity contribution in [2.24, 2.45) is 10.2 Å². The van der Waals surface area contributed by atoms with E-state index in [1.165, 1.54) is 28.6 Å². The Bertz CT molecular complexity index is 1640. The third kappa shape index (κ3) is 4.74. The molecule has 0 fully saturated rings. The fourth-order valence-electron chi connectivity index (χ4n) is 3.67. The highest BCUT2D eigenvalue weighted by Crippen LogP contribution is 2.40. The number of para-hydroxylation sites is 1. The lowest BCUT2D eigenvalue weighted by atomic mass is 10.1. The lowest BCUT2D eigenvalue weighted by molar-refractivity contribution is 0.480. The van der Waals surface area contributed by atoms with Crippen LogP contribution in [0.25, 0.3) is 10.8 Å². The molecule has 0 spiro atoms. The Balaban J connectivity index is 1.83. The highest BCUT2D eigenvalue weighted by Gasteiger charge is 2.26. The van der Waals surface area contributed by atoms with Crippen molar-refractivity contribution in [2.45, 2.75) is 16.7 Å². The van der Waals surface area contributed by atoms with Crippen LogP contribution in [-0.4, -0.2) is 33.0 Å². The van der Waals surface area contributed by atoms with Gasteiger partial charge < -0.3 is 5.11 Å². The van der Waals surface area contributed by atoms with Gasteiger partial charge in [-0.1, -0.05) is 54.6 Å². The number of nitrogens with zero attached hydrogens (tertiary/aromatic N) is 3. The highest BCUT2D eigenvalue weighted by molar-refractivity contribution is 7.93. The second-order valence-electron chi connectivity index (χ2n) is 7.44. The maximum Gasteiger partial charge on any atom is 0.295 e. The summed E-state index contributed by atoms with van der Waals surface area (Å²) in [6.45, 7) is 1.87. The van der Waals surface area contributed by atoms with Gasteiger partial charge in [0.05, 0.1) is 5.69 Å². The van der Waals surface area contributed by atoms with E-state index in [0.29, 0.717) is 5.69 Å². The first-order valence-electron chi connectivity index (χ1n) is 10.5. The summed E-state index contributed by atoms with van der Waals surface area (Å²) in [5, 5.41) is 18.9. The predicted molar refractivity (Wildman–Crippen MR) is 133 cm³/mol. The van der Waals surface area contributed by atoms with Gasteiger partial charge in [-0.2, -0.15) is 8.42 Å². The van der Waals surface area contributed by atoms with Gasteiger partial charge in [-0.25, -0.2) is 8.42 Å². The van der Waals surface area contributed by atoms with Gasteiger partial charge in [0, 0.05) is 17.3 Å². The zero-order valence-corrected chi connectivity index (χ0v) is 20.1. The molecule has 0 aliphatic carbocycles. The van der Waals surface area contributed by atoms with Crippen molar-refractivity contribution < 1.29 is 26.5 Å². The summed E-state index contributed by atoms with van der Waals surface area (Å²) in [5.41, 5.74) is 0.216. The number of azo groups is 1. The number of anilines is 1. The molecule has 0 aromatic heterocycles. The summed E-state index contributed by atoms with van der Waals surface area (Å²) >= 11 is 0. The van der Waals surface area contributed by atoms with Crippen LogP contribution in [0.3, 0.4) is 0 Å². The third-order valence-corrected chi connectivity index (χ3v) is 8.11. The van der Waals surface area contributed by atoms with Crippen molar-refractivity contribution in [3.8, 4) is 5.75 Å². The molecule has 4 rings (SSSR count). The molecule has 35 heavy (non-hydrogen) atoms. The Morgan fingerprint density at radius 3 is 1.97 bits per heavy atom. The molecule has 0 amide bonds. The number of aromatic hydroxyl groups is 1. The summed E-state index contributed by atoms with van der Waals surface area (Å²) in [6, 6.07) is 21.6. The largest absolute Gasteiger partial charge is 0.505 e. The molecule has 0 bridgehead atoms. The molecule has 180 valence electrons. The van der Waals surface area contributed by atoms with Crippen molar-refractivity contribution >= 4 is 48.0 Å². The minimum absolute atomic E-state index is 0.0113. The van der Waals surface area contributed by atoms with E-state index in [4.69, 9.17) is 0 Å². The first kappa shape index (κ1) is 24.3. The number of phenols is 1. The minimum Gasteiger partial charge on any atom is -0.505 e. The van der Waals surface area contributed by atoms with E-state index in [2.05, 4.69) is 10.2 Å². The van der Waals surface area contributed by atoms with Gasteiger partial charge in [0.25, 0.3) is 20.1 Å². The monoisotopic (exact) mass is 511 g/mol. The Hall–Kier alpha value is -3.80. The summed E-state index contributed by atoms with van der Waals surface area (Å²) in [4.78, 5) is -0.577. The first-order valence-corrected chi connectivity index (χ1v) is 13.3. The minimum atomic E-state index is -4.64. The van der Waals surface area contributed by atoms with Gasteiger partial charge in [-0.15, -0.1) is 10.2 Å². The van der Waals surface area contributed by atoms with Crippen molar-refractivity contribution in [3.05, 3.63) is 84.9 Å². The second-order valence-corrected chi connectivity index (χ2v) is 10.7. The van der Waals surface area contributed by atoms with Crippen LogP contribution in [0.1, 0.15) is 6.92 Å². The standard InChI is InChI=1S/C24H21N3O6S2/c1-2-27(17-10-4-3-5-11-17)34(29,30)22-15-9-8-14-20(22)25-26-21-16-23(35(31,32)33)18-12-6-7-13-19(18)24(21)28/h3-16,28H,2H2,1H3,(H,31,32,33). The number of sulfonamides is 1. The number of fused-ring (bicyclic) bond motifs is 1. The molecule has 0 aliphatic heterocycles. The zero-order valence-electron chi connectivity index (χ0n) is 18.5. The number of phenolic OH excluding ortho intramolecular Hbond substituents is 1. The molecule has 4 aromatic rings. The molecular weight excluding hydrogens is 490 g/mol. The van der Waals surface area contributed by atoms with Gasteiger partial charge in [-0.05, 0) is 37.3 Å². The van der Waals surface area contributed by atoms with Crippen molar-refractivity contribution in [3.63, 3.8) is 0 Å². The molecule has 9 nitrogen and oxygen atoms in total. The van der Waals surface area contributed by atoms with E-state index in [-0.39, 0.29) is 39.3 Å². The predicted octanol–water partition coefficient (Wildman–Crippen LogP) is 5.42. The van der Waals surface area contributed by atoms with Crippen LogP contribution in [0.2, 0.25) is 0 Å². The molecule has 0 atom stereocenters. The summed E-state index contributed by atoms with van der Waals surface area (Å²) in [7, 11) is -8.68. The van der Waals surface area contributed by atoms with Crippen LogP contribution in [0.5, 0.6) is 5.75 Å². The Morgan fingerprint density at radius 1 is 0.743 bits per heavy atom. The van der Waals surface area contributed by atoms with Crippen LogP contribution in [-0.2, 0) is 20.1 Å². The average Bonchev–Trinajstić information content (AvgIpc) is 2.84. The van der Waals surface area contributed by atoms with Gasteiger partial charge in [-0.3, -0.25) is 8.86 Å². The van der Waals surface area contributed by atoms with Crippen molar-refractivity contribution in [1.82, 2.24) is 0 Å². The normalized spacial score (nSPS) is 12.3. The van der Waals surface area contributed by atoms with E-state index in [0.717, 1.165) is 6.07 Å². The molecule has 0 saturated carbocycles. The number of hydrogen-bond donors (Lipinski definition) is 2. The number of benzene rings is 4. The van der Waals surface area contributed by atoms with Gasteiger partial charge >= 0.3 is 0 Å². The lowest BCUT2D eigenvalue weighted by Crippen LogP contribution is -2.30. The van der Waals surface area contributed by atoms with Gasteiger partial charge in [0.1, 0.15) is 21.2 Å². The fraction of sp³-hybridized carbons (Fsp3) is 0.0833. The number of rotatable bonds is 7. The molecule has 0 saturated heterocycles. The van der Waals surface area contributed by atoms with E-state index in [9.17, 15) is 26.5 Å². The third-order valence-electron chi connectivity index (χ3n) is 5.27. The summed E-state index contributed by atoms with van der Waals surface area (Å²) < 4.78 is 61.7. The fourth-order valence-corrected chi connectivity index (χ4v) is 5.99. The molecule has 11 heteroatoms. The van der Waals surface area contributed by atoms with Crippen LogP contribution in [0.4, 0.5) is 17.1 Å². The Morgan fingerprint density at radius 2 is 1.31 bits per heavy atom. The van der Waals surface area contributed by atoms with E-state index in [1.807, 2.05) is 0 Å². The highest BCUT2D eigenvalue weighted by atomic mass is 32.2. The quantitative estimate of drug-likeness (QED) is 0.251. The molecule has 0 unspecified atom stereocenters. The Labute approximate surface area is 202 Å². The van der Waals surface area contributed by atoms with E-state index < -0.39 is 25.0 Å². The molecular formula is C24H21N3O6S2. The summed E-state index contributed by atoms with van der Waals surface area (Å²) in [5.74, 6) is -0.364. The van der Waals surface area contributed by atoms with Crippen LogP contribution >= 0.6 is 0 Å². The maximum absolute atomic E-state index is 13.5. The van der Waals surface area contributed by atoms with Crippen LogP contribution < -0.4 is 4.31 Å². The maximum atomic E-state index is 13.5. The SMILES string of the molecule is CCN(c1ccccc1)S(=O)(=O)c1ccccc1N=Nc1cc(S(=O)(=O)O)c2ccccc2c1O. The lowest BCUT2D eigenvalue weighted by Gasteiger charge is -2.23. The second kappa shape index (κ2) is 9.45. The average molecular weight is 512 g/mol. The van der Waals surface area contributed by atoms with E-state index in [1.54, 1.807) is 61.5 Å². The molecule has 2 N–H and O–H groups in total. The van der Waals surface area contributed by atoms with Crippen molar-refractivity contribution in [2.75, 3.05) is 10.8 Å². The molecule has 0 heterocycles. The molecule has 0 aliphatic rings. The van der Waals surface area contributed by atoms with Crippen molar-refractivity contribution in [1.29, 1.82) is 0 Å². The topological polar surface area (TPSA) is 137 Å². The first-order chi connectivity index (χ1) is 16.6. The van der Waals surface area contributed by atoms with Crippen LogP contribution in [0, 0.1) is 0 Å². The zero-order chi connectivity index (χ0) is 25.2. The smallest absolute Gasteiger partial charge is 0.295 e. The van der Waals surface area contributed by atoms with Gasteiger partial charge in [0.2, 0.25) is 0 Å². The number of hydrogen-bond acceptors (Lipinski definition) is 7.